The van der Waals surface area contributed by atoms with Gasteiger partial charge in [-0.2, -0.15) is 0 Å². The molecule has 0 rings (SSSR count). The van der Waals surface area contributed by atoms with Crippen molar-refractivity contribution >= 4 is 5.91 Å². The fourth-order valence-electron chi connectivity index (χ4n) is 1.43. The summed E-state index contributed by atoms with van der Waals surface area (Å²) in [5, 5.41) is 6.03. The SMILES string of the molecule is CNC(CC(C)C)C(=O)NCCC(C)C. The van der Waals surface area contributed by atoms with Crippen LogP contribution in [0.4, 0.5) is 0 Å². The molecule has 3 nitrogen and oxygen atoms in total. The van der Waals surface area contributed by atoms with E-state index in [4.69, 9.17) is 0 Å². The second kappa shape index (κ2) is 7.69. The number of rotatable bonds is 7. The summed E-state index contributed by atoms with van der Waals surface area (Å²) in [7, 11) is 1.84. The van der Waals surface area contributed by atoms with E-state index >= 15 is 0 Å². The molecule has 0 heterocycles. The van der Waals surface area contributed by atoms with Crippen LogP contribution in [0.25, 0.3) is 0 Å². The first-order chi connectivity index (χ1) is 6.97. The topological polar surface area (TPSA) is 41.1 Å². The summed E-state index contributed by atoms with van der Waals surface area (Å²) in [6.07, 6.45) is 1.94. The third-order valence-corrected chi connectivity index (χ3v) is 2.39. The Morgan fingerprint density at radius 2 is 1.73 bits per heavy atom. The van der Waals surface area contributed by atoms with E-state index in [9.17, 15) is 4.79 Å². The van der Waals surface area contributed by atoms with Crippen LogP contribution in [0.3, 0.4) is 0 Å². The van der Waals surface area contributed by atoms with E-state index in [2.05, 4.69) is 38.3 Å². The molecule has 3 heteroatoms. The zero-order valence-electron chi connectivity index (χ0n) is 10.8. The summed E-state index contributed by atoms with van der Waals surface area (Å²) in [4.78, 5) is 11.7. The van der Waals surface area contributed by atoms with Gasteiger partial charge in [0.15, 0.2) is 0 Å². The molecule has 1 amide bonds. The lowest BCUT2D eigenvalue weighted by atomic mass is 10.0. The molecule has 0 saturated carbocycles. The smallest absolute Gasteiger partial charge is 0.237 e. The molecule has 1 unspecified atom stereocenters. The number of hydrogen-bond donors (Lipinski definition) is 2. The highest BCUT2D eigenvalue weighted by atomic mass is 16.2. The average Bonchev–Trinajstić information content (AvgIpc) is 2.13. The van der Waals surface area contributed by atoms with Gasteiger partial charge in [0, 0.05) is 6.54 Å². The van der Waals surface area contributed by atoms with E-state index in [0.717, 1.165) is 19.4 Å². The first-order valence-electron chi connectivity index (χ1n) is 5.92. The van der Waals surface area contributed by atoms with Crippen LogP contribution in [0.2, 0.25) is 0 Å². The molecule has 0 aromatic heterocycles. The van der Waals surface area contributed by atoms with Crippen LogP contribution in [0.15, 0.2) is 0 Å². The van der Waals surface area contributed by atoms with Gasteiger partial charge in [0.05, 0.1) is 6.04 Å². The predicted octanol–water partition coefficient (Wildman–Crippen LogP) is 1.78. The van der Waals surface area contributed by atoms with Crippen molar-refractivity contribution in [1.29, 1.82) is 0 Å². The third kappa shape index (κ3) is 7.37. The Morgan fingerprint density at radius 1 is 1.13 bits per heavy atom. The first-order valence-corrected chi connectivity index (χ1v) is 5.92. The van der Waals surface area contributed by atoms with Crippen LogP contribution >= 0.6 is 0 Å². The molecule has 1 atom stereocenters. The minimum atomic E-state index is -0.0443. The number of carbonyl (C=O) groups excluding carboxylic acids is 1. The fourth-order valence-corrected chi connectivity index (χ4v) is 1.43. The zero-order valence-corrected chi connectivity index (χ0v) is 10.8. The van der Waals surface area contributed by atoms with Crippen LogP contribution in [-0.4, -0.2) is 25.5 Å². The van der Waals surface area contributed by atoms with Gasteiger partial charge in [-0.05, 0) is 31.7 Å². The molecule has 0 bridgehead atoms. The molecular weight excluding hydrogens is 188 g/mol. The van der Waals surface area contributed by atoms with Crippen molar-refractivity contribution in [3.8, 4) is 0 Å². The van der Waals surface area contributed by atoms with Gasteiger partial charge < -0.3 is 10.6 Å². The minimum absolute atomic E-state index is 0.0443. The summed E-state index contributed by atoms with van der Waals surface area (Å²) in [6, 6.07) is -0.0443. The number of hydrogen-bond acceptors (Lipinski definition) is 2. The number of carbonyl (C=O) groups is 1. The lowest BCUT2D eigenvalue weighted by Crippen LogP contribution is -2.43. The molecule has 0 aliphatic heterocycles. The Bertz CT molecular complexity index is 178. The van der Waals surface area contributed by atoms with Gasteiger partial charge in [-0.25, -0.2) is 0 Å². The van der Waals surface area contributed by atoms with Crippen LogP contribution in [0.1, 0.15) is 40.5 Å². The van der Waals surface area contributed by atoms with Gasteiger partial charge in [0.2, 0.25) is 5.91 Å². The van der Waals surface area contributed by atoms with Gasteiger partial charge in [-0.15, -0.1) is 0 Å². The summed E-state index contributed by atoms with van der Waals surface area (Å²) in [5.74, 6) is 1.31. The van der Waals surface area contributed by atoms with Crippen LogP contribution in [0.5, 0.6) is 0 Å². The Morgan fingerprint density at radius 3 is 2.13 bits per heavy atom. The molecule has 2 N–H and O–H groups in total. The van der Waals surface area contributed by atoms with Crippen molar-refractivity contribution in [1.82, 2.24) is 10.6 Å². The van der Waals surface area contributed by atoms with E-state index in [-0.39, 0.29) is 11.9 Å². The maximum atomic E-state index is 11.7. The monoisotopic (exact) mass is 214 g/mol. The highest BCUT2D eigenvalue weighted by Crippen LogP contribution is 2.04. The van der Waals surface area contributed by atoms with Crippen molar-refractivity contribution < 1.29 is 4.79 Å². The van der Waals surface area contributed by atoms with Crippen molar-refractivity contribution in [2.75, 3.05) is 13.6 Å². The lowest BCUT2D eigenvalue weighted by molar-refractivity contribution is -0.123. The van der Waals surface area contributed by atoms with Gasteiger partial charge in [-0.1, -0.05) is 27.7 Å². The molecular formula is C12H26N2O. The second-order valence-corrected chi connectivity index (χ2v) is 4.94. The van der Waals surface area contributed by atoms with Crippen LogP contribution in [-0.2, 0) is 4.79 Å². The number of likely N-dealkylation sites (N-methyl/N-ethyl adjacent to an activating group) is 1. The fraction of sp³-hybridized carbons (Fsp3) is 0.917. The van der Waals surface area contributed by atoms with E-state index in [0.29, 0.717) is 11.8 Å². The highest BCUT2D eigenvalue weighted by molar-refractivity contribution is 5.81. The number of amides is 1. The standard InChI is InChI=1S/C12H26N2O/c1-9(2)6-7-14-12(15)11(13-5)8-10(3)4/h9-11,13H,6-8H2,1-5H3,(H,14,15). The van der Waals surface area contributed by atoms with E-state index in [1.54, 1.807) is 0 Å². The van der Waals surface area contributed by atoms with Crippen molar-refractivity contribution in [2.24, 2.45) is 11.8 Å². The molecule has 15 heavy (non-hydrogen) atoms. The Kier molecular flexibility index (Phi) is 7.39. The van der Waals surface area contributed by atoms with Crippen LogP contribution < -0.4 is 10.6 Å². The molecule has 0 aromatic rings. The molecule has 0 aliphatic carbocycles. The summed E-state index contributed by atoms with van der Waals surface area (Å²) in [5.41, 5.74) is 0. The normalized spacial score (nSPS) is 13.3. The Labute approximate surface area is 94.0 Å². The first kappa shape index (κ1) is 14.4. The summed E-state index contributed by atoms with van der Waals surface area (Å²) >= 11 is 0. The Hall–Kier alpha value is -0.570. The van der Waals surface area contributed by atoms with E-state index in [1.165, 1.54) is 0 Å². The maximum Gasteiger partial charge on any atom is 0.237 e. The molecule has 0 aliphatic rings. The van der Waals surface area contributed by atoms with Gasteiger partial charge in [-0.3, -0.25) is 4.79 Å². The molecule has 0 radical (unpaired) electrons. The van der Waals surface area contributed by atoms with Crippen molar-refractivity contribution in [3.63, 3.8) is 0 Å². The van der Waals surface area contributed by atoms with Gasteiger partial charge in [0.25, 0.3) is 0 Å². The lowest BCUT2D eigenvalue weighted by Gasteiger charge is -2.18. The highest BCUT2D eigenvalue weighted by Gasteiger charge is 2.16. The van der Waals surface area contributed by atoms with Gasteiger partial charge >= 0.3 is 0 Å². The second-order valence-electron chi connectivity index (χ2n) is 4.94. The van der Waals surface area contributed by atoms with E-state index < -0.39 is 0 Å². The minimum Gasteiger partial charge on any atom is -0.355 e. The Balaban J connectivity index is 3.83. The van der Waals surface area contributed by atoms with Crippen molar-refractivity contribution in [3.05, 3.63) is 0 Å². The zero-order chi connectivity index (χ0) is 11.8. The quantitative estimate of drug-likeness (QED) is 0.678. The molecule has 0 saturated heterocycles. The predicted molar refractivity (Wildman–Crippen MR) is 64.8 cm³/mol. The third-order valence-electron chi connectivity index (χ3n) is 2.39. The maximum absolute atomic E-state index is 11.7. The summed E-state index contributed by atoms with van der Waals surface area (Å²) < 4.78 is 0. The van der Waals surface area contributed by atoms with E-state index in [1.807, 2.05) is 7.05 Å². The molecule has 0 fully saturated rings. The number of nitrogens with one attached hydrogen (secondary N) is 2. The molecule has 0 spiro atoms. The van der Waals surface area contributed by atoms with Crippen LogP contribution in [0, 0.1) is 11.8 Å². The van der Waals surface area contributed by atoms with Gasteiger partial charge in [0.1, 0.15) is 0 Å². The largest absolute Gasteiger partial charge is 0.355 e. The molecule has 90 valence electrons. The average molecular weight is 214 g/mol. The summed E-state index contributed by atoms with van der Waals surface area (Å²) in [6.45, 7) is 9.37. The van der Waals surface area contributed by atoms with Crippen molar-refractivity contribution in [2.45, 2.75) is 46.6 Å². The molecule has 0 aromatic carbocycles.